The van der Waals surface area contributed by atoms with Crippen molar-refractivity contribution in [2.45, 2.75) is 32.6 Å². The summed E-state index contributed by atoms with van der Waals surface area (Å²) in [4.78, 5) is 26.0. The van der Waals surface area contributed by atoms with Gasteiger partial charge in [0.2, 0.25) is 5.95 Å². The Balaban J connectivity index is 1.40. The molecule has 1 spiro atoms. The summed E-state index contributed by atoms with van der Waals surface area (Å²) in [6.07, 6.45) is 7.63. The number of piperidine rings is 1. The van der Waals surface area contributed by atoms with Gasteiger partial charge in [0.05, 0.1) is 13.2 Å². The lowest BCUT2D eigenvalue weighted by atomic mass is 9.78. The number of rotatable bonds is 4. The topological polar surface area (TPSA) is 58.6 Å². The summed E-state index contributed by atoms with van der Waals surface area (Å²) in [5.74, 6) is 0.906. The first-order chi connectivity index (χ1) is 14.2. The average Bonchev–Trinajstić information content (AvgIpc) is 2.98. The largest absolute Gasteiger partial charge is 0.379 e. The fraction of sp³-hybridized carbons (Fsp3) is 0.522. The van der Waals surface area contributed by atoms with Gasteiger partial charge in [-0.25, -0.2) is 9.97 Å². The molecule has 0 saturated carbocycles. The Hall–Kier alpha value is -2.47. The maximum absolute atomic E-state index is 13.0. The van der Waals surface area contributed by atoms with Gasteiger partial charge in [0, 0.05) is 49.6 Å². The minimum atomic E-state index is 0.0530. The van der Waals surface area contributed by atoms with E-state index < -0.39 is 0 Å². The van der Waals surface area contributed by atoms with E-state index in [9.17, 15) is 4.79 Å². The van der Waals surface area contributed by atoms with Crippen LogP contribution in [0.1, 0.15) is 42.1 Å². The fourth-order valence-corrected chi connectivity index (χ4v) is 4.39. The maximum Gasteiger partial charge on any atom is 0.253 e. The molecule has 2 saturated heterocycles. The zero-order valence-electron chi connectivity index (χ0n) is 17.2. The molecule has 1 aromatic carbocycles. The van der Waals surface area contributed by atoms with Gasteiger partial charge in [0.1, 0.15) is 0 Å². The molecule has 29 heavy (non-hydrogen) atoms. The highest BCUT2D eigenvalue weighted by Crippen LogP contribution is 2.35. The monoisotopic (exact) mass is 394 g/mol. The molecule has 0 atom stereocenters. The molecule has 2 aliphatic heterocycles. The van der Waals surface area contributed by atoms with Gasteiger partial charge in [-0.15, -0.1) is 0 Å². The van der Waals surface area contributed by atoms with Gasteiger partial charge in [-0.05, 0) is 43.0 Å². The quantitative estimate of drug-likeness (QED) is 0.797. The van der Waals surface area contributed by atoms with Crippen LogP contribution in [-0.4, -0.2) is 60.2 Å². The van der Waals surface area contributed by atoms with Gasteiger partial charge >= 0.3 is 0 Å². The number of amides is 1. The molecule has 0 radical (unpaired) electrons. The van der Waals surface area contributed by atoms with Crippen LogP contribution < -0.4 is 4.90 Å². The van der Waals surface area contributed by atoms with Gasteiger partial charge in [0.15, 0.2) is 0 Å². The first kappa shape index (κ1) is 19.8. The minimum Gasteiger partial charge on any atom is -0.379 e. The maximum atomic E-state index is 13.0. The Kier molecular flexibility index (Phi) is 6.09. The van der Waals surface area contributed by atoms with E-state index in [-0.39, 0.29) is 11.3 Å². The molecule has 6 nitrogen and oxygen atoms in total. The molecule has 0 aliphatic carbocycles. The van der Waals surface area contributed by atoms with Gasteiger partial charge in [-0.2, -0.15) is 0 Å². The van der Waals surface area contributed by atoms with Crippen LogP contribution in [0.2, 0.25) is 0 Å². The number of hydrogen-bond acceptors (Lipinski definition) is 5. The van der Waals surface area contributed by atoms with Crippen molar-refractivity contribution >= 4 is 11.9 Å². The highest BCUT2D eigenvalue weighted by atomic mass is 16.5. The second-order valence-electron chi connectivity index (χ2n) is 8.26. The SMILES string of the molecule is CCCc1ccc(C(=O)N2CCC3(CC2)COCCN(c2ncccn2)C3)cc1. The summed E-state index contributed by atoms with van der Waals surface area (Å²) < 4.78 is 5.96. The second kappa shape index (κ2) is 8.91. The first-order valence-corrected chi connectivity index (χ1v) is 10.7. The molecule has 6 heteroatoms. The summed E-state index contributed by atoms with van der Waals surface area (Å²) in [7, 11) is 0. The standard InChI is InChI=1S/C23H30N4O2/c1-2-4-19-5-7-20(8-6-19)21(28)26-13-9-23(10-14-26)17-27(15-16-29-18-23)22-24-11-3-12-25-22/h3,5-8,11-12H,2,4,9-10,13-18H2,1H3. The summed E-state index contributed by atoms with van der Waals surface area (Å²) in [5, 5.41) is 0. The zero-order chi connectivity index (χ0) is 20.1. The van der Waals surface area contributed by atoms with Crippen LogP contribution in [-0.2, 0) is 11.2 Å². The van der Waals surface area contributed by atoms with E-state index in [4.69, 9.17) is 4.74 Å². The van der Waals surface area contributed by atoms with E-state index in [2.05, 4.69) is 33.9 Å². The Morgan fingerprint density at radius 1 is 1.10 bits per heavy atom. The molecule has 0 bridgehead atoms. The van der Waals surface area contributed by atoms with Gasteiger partial charge in [-0.1, -0.05) is 25.5 Å². The lowest BCUT2D eigenvalue weighted by Crippen LogP contribution is -2.49. The van der Waals surface area contributed by atoms with Crippen molar-refractivity contribution in [2.75, 3.05) is 44.3 Å². The highest BCUT2D eigenvalue weighted by molar-refractivity contribution is 5.94. The predicted molar refractivity (Wildman–Crippen MR) is 113 cm³/mol. The number of carbonyl (C=O) groups is 1. The summed E-state index contributed by atoms with van der Waals surface area (Å²) in [6, 6.07) is 9.95. The third kappa shape index (κ3) is 4.58. The third-order valence-electron chi connectivity index (χ3n) is 6.13. The average molecular weight is 395 g/mol. The zero-order valence-corrected chi connectivity index (χ0v) is 17.2. The van der Waals surface area contributed by atoms with Crippen LogP contribution in [0.4, 0.5) is 5.95 Å². The lowest BCUT2D eigenvalue weighted by Gasteiger charge is -2.42. The van der Waals surface area contributed by atoms with Crippen LogP contribution >= 0.6 is 0 Å². The summed E-state index contributed by atoms with van der Waals surface area (Å²) in [6.45, 7) is 6.82. The van der Waals surface area contributed by atoms with Crippen LogP contribution in [0.25, 0.3) is 0 Å². The van der Waals surface area contributed by atoms with Gasteiger partial charge < -0.3 is 14.5 Å². The number of anilines is 1. The van der Waals surface area contributed by atoms with E-state index >= 15 is 0 Å². The van der Waals surface area contributed by atoms with Crippen molar-refractivity contribution in [3.05, 3.63) is 53.9 Å². The third-order valence-corrected chi connectivity index (χ3v) is 6.13. The molecule has 2 aliphatic rings. The van der Waals surface area contributed by atoms with E-state index in [1.165, 1.54) is 5.56 Å². The van der Waals surface area contributed by atoms with Gasteiger partial charge in [-0.3, -0.25) is 4.79 Å². The molecule has 2 aromatic rings. The van der Waals surface area contributed by atoms with Crippen molar-refractivity contribution in [3.63, 3.8) is 0 Å². The normalized spacial score (nSPS) is 19.2. The number of aromatic nitrogens is 2. The number of ether oxygens (including phenoxy) is 1. The summed E-state index contributed by atoms with van der Waals surface area (Å²) >= 11 is 0. The molecule has 0 N–H and O–H groups in total. The molecule has 1 aromatic heterocycles. The minimum absolute atomic E-state index is 0.0530. The number of likely N-dealkylation sites (tertiary alicyclic amines) is 1. The number of aryl methyl sites for hydroxylation is 1. The molecular formula is C23H30N4O2. The Morgan fingerprint density at radius 3 is 2.52 bits per heavy atom. The molecular weight excluding hydrogens is 364 g/mol. The predicted octanol–water partition coefficient (Wildman–Crippen LogP) is 3.19. The van der Waals surface area contributed by atoms with Gasteiger partial charge in [0.25, 0.3) is 5.91 Å². The number of hydrogen-bond donors (Lipinski definition) is 0. The first-order valence-electron chi connectivity index (χ1n) is 10.7. The van der Waals surface area contributed by atoms with Crippen molar-refractivity contribution in [3.8, 4) is 0 Å². The summed E-state index contributed by atoms with van der Waals surface area (Å²) in [5.41, 5.74) is 2.13. The number of carbonyl (C=O) groups excluding carboxylic acids is 1. The smallest absolute Gasteiger partial charge is 0.253 e. The van der Waals surface area contributed by atoms with Crippen LogP contribution in [0.3, 0.4) is 0 Å². The van der Waals surface area contributed by atoms with E-state index in [1.807, 2.05) is 23.1 Å². The highest BCUT2D eigenvalue weighted by Gasteiger charge is 2.39. The van der Waals surface area contributed by atoms with Crippen molar-refractivity contribution in [1.82, 2.24) is 14.9 Å². The Bertz CT molecular complexity index is 801. The van der Waals surface area contributed by atoms with E-state index in [0.717, 1.165) is 70.0 Å². The van der Waals surface area contributed by atoms with E-state index in [0.29, 0.717) is 6.61 Å². The number of benzene rings is 1. The Morgan fingerprint density at radius 2 is 1.83 bits per heavy atom. The molecule has 4 rings (SSSR count). The van der Waals surface area contributed by atoms with Crippen molar-refractivity contribution in [1.29, 1.82) is 0 Å². The van der Waals surface area contributed by atoms with Crippen molar-refractivity contribution in [2.24, 2.45) is 5.41 Å². The lowest BCUT2D eigenvalue weighted by molar-refractivity contribution is 0.0207. The second-order valence-corrected chi connectivity index (χ2v) is 8.26. The molecule has 2 fully saturated rings. The Labute approximate surface area is 172 Å². The fourth-order valence-electron chi connectivity index (χ4n) is 4.39. The van der Waals surface area contributed by atoms with E-state index in [1.54, 1.807) is 12.4 Å². The number of nitrogens with zero attached hydrogens (tertiary/aromatic N) is 4. The molecule has 3 heterocycles. The molecule has 0 unspecified atom stereocenters. The van der Waals surface area contributed by atoms with Crippen LogP contribution in [0.5, 0.6) is 0 Å². The molecule has 154 valence electrons. The van der Waals surface area contributed by atoms with Crippen LogP contribution in [0, 0.1) is 5.41 Å². The molecule has 1 amide bonds. The van der Waals surface area contributed by atoms with Crippen LogP contribution in [0.15, 0.2) is 42.7 Å². The van der Waals surface area contributed by atoms with Crippen molar-refractivity contribution < 1.29 is 9.53 Å².